The summed E-state index contributed by atoms with van der Waals surface area (Å²) in [5, 5.41) is 0.211. The molecule has 0 aliphatic carbocycles. The molecule has 0 bridgehead atoms. The van der Waals surface area contributed by atoms with E-state index in [1.165, 1.54) is 5.56 Å². The first kappa shape index (κ1) is 19.1. The molecule has 0 aliphatic heterocycles. The van der Waals surface area contributed by atoms with Gasteiger partial charge in [0.15, 0.2) is 8.32 Å². The first-order valence-corrected chi connectivity index (χ1v) is 11.2. The number of carbonyl (C=O) groups excluding carboxylic acids is 1. The number of hydrogen-bond acceptors (Lipinski definition) is 2. The van der Waals surface area contributed by atoms with Crippen LogP contribution in [-0.4, -0.2) is 20.2 Å². The van der Waals surface area contributed by atoms with Gasteiger partial charge in [-0.15, -0.1) is 0 Å². The highest BCUT2D eigenvalue weighted by Crippen LogP contribution is 2.38. The van der Waals surface area contributed by atoms with Crippen LogP contribution in [0.4, 0.5) is 0 Å². The van der Waals surface area contributed by atoms with E-state index in [9.17, 15) is 4.79 Å². The van der Waals surface area contributed by atoms with Crippen LogP contribution in [0.5, 0.6) is 0 Å². The van der Waals surface area contributed by atoms with Gasteiger partial charge in [-0.2, -0.15) is 0 Å². The van der Waals surface area contributed by atoms with Gasteiger partial charge in [0.1, 0.15) is 5.78 Å². The Morgan fingerprint density at radius 2 is 1.77 bits per heavy atom. The van der Waals surface area contributed by atoms with E-state index in [-0.39, 0.29) is 16.9 Å². The predicted molar refractivity (Wildman–Crippen MR) is 96.7 cm³/mol. The van der Waals surface area contributed by atoms with E-state index in [1.54, 1.807) is 6.92 Å². The van der Waals surface area contributed by atoms with Crippen LogP contribution in [0.2, 0.25) is 18.1 Å². The van der Waals surface area contributed by atoms with Gasteiger partial charge in [0, 0.05) is 12.5 Å². The Hall–Kier alpha value is -0.933. The third-order valence-electron chi connectivity index (χ3n) is 4.63. The lowest BCUT2D eigenvalue weighted by Gasteiger charge is -2.39. The van der Waals surface area contributed by atoms with Gasteiger partial charge in [-0.3, -0.25) is 0 Å². The van der Waals surface area contributed by atoms with E-state index in [1.807, 2.05) is 6.07 Å². The van der Waals surface area contributed by atoms with Crippen molar-refractivity contribution in [3.63, 3.8) is 0 Å². The van der Waals surface area contributed by atoms with Crippen LogP contribution in [0.15, 0.2) is 30.3 Å². The monoisotopic (exact) mass is 320 g/mol. The summed E-state index contributed by atoms with van der Waals surface area (Å²) in [4.78, 5) is 11.2. The van der Waals surface area contributed by atoms with Crippen LogP contribution in [0, 0.1) is 0 Å². The average molecular weight is 321 g/mol. The van der Waals surface area contributed by atoms with E-state index in [0.717, 1.165) is 19.3 Å². The van der Waals surface area contributed by atoms with Crippen molar-refractivity contribution in [2.24, 2.45) is 0 Å². The number of carbonyl (C=O) groups is 1. The zero-order valence-electron chi connectivity index (χ0n) is 15.1. The second-order valence-corrected chi connectivity index (χ2v) is 12.5. The number of hydrogen-bond donors (Lipinski definition) is 0. The molecule has 2 nitrogen and oxygen atoms in total. The Labute approximate surface area is 137 Å². The standard InChI is InChI=1S/C19H32O2Si/c1-16(20)11-10-14-18(15-17-12-8-7-9-13-17)21-22(5,6)19(2,3)4/h7-9,12-13,18H,10-11,14-15H2,1-6H3. The van der Waals surface area contributed by atoms with E-state index in [4.69, 9.17) is 4.43 Å². The third-order valence-corrected chi connectivity index (χ3v) is 9.16. The van der Waals surface area contributed by atoms with Crippen molar-refractivity contribution < 1.29 is 9.22 Å². The SMILES string of the molecule is CC(=O)CCCC(Cc1ccccc1)O[Si](C)(C)C(C)(C)C. The highest BCUT2D eigenvalue weighted by Gasteiger charge is 2.39. The van der Waals surface area contributed by atoms with E-state index >= 15 is 0 Å². The highest BCUT2D eigenvalue weighted by atomic mass is 28.4. The fourth-order valence-electron chi connectivity index (χ4n) is 2.25. The second-order valence-electron chi connectivity index (χ2n) is 7.78. The highest BCUT2D eigenvalue weighted by molar-refractivity contribution is 6.74. The molecule has 1 aromatic rings. The van der Waals surface area contributed by atoms with Gasteiger partial charge in [-0.1, -0.05) is 51.1 Å². The van der Waals surface area contributed by atoms with Crippen LogP contribution < -0.4 is 0 Å². The minimum Gasteiger partial charge on any atom is -0.414 e. The van der Waals surface area contributed by atoms with Gasteiger partial charge >= 0.3 is 0 Å². The Kier molecular flexibility index (Phi) is 7.01. The van der Waals surface area contributed by atoms with E-state index < -0.39 is 8.32 Å². The van der Waals surface area contributed by atoms with Gasteiger partial charge in [0.2, 0.25) is 0 Å². The lowest BCUT2D eigenvalue weighted by Crippen LogP contribution is -2.44. The van der Waals surface area contributed by atoms with Crippen LogP contribution in [0.3, 0.4) is 0 Å². The normalized spacial score (nSPS) is 13.9. The molecule has 1 aromatic carbocycles. The van der Waals surface area contributed by atoms with Crippen molar-refractivity contribution in [2.75, 3.05) is 0 Å². The molecule has 0 aliphatic rings. The molecular formula is C19H32O2Si. The molecule has 0 heterocycles. The van der Waals surface area contributed by atoms with Crippen LogP contribution >= 0.6 is 0 Å². The average Bonchev–Trinajstić information content (AvgIpc) is 2.37. The van der Waals surface area contributed by atoms with Crippen LogP contribution in [0.1, 0.15) is 52.5 Å². The van der Waals surface area contributed by atoms with E-state index in [2.05, 4.69) is 58.1 Å². The summed E-state index contributed by atoms with van der Waals surface area (Å²) in [5.41, 5.74) is 1.31. The summed E-state index contributed by atoms with van der Waals surface area (Å²) >= 11 is 0. The summed E-state index contributed by atoms with van der Waals surface area (Å²) in [5.74, 6) is 0.269. The molecule has 0 amide bonds. The van der Waals surface area contributed by atoms with E-state index in [0.29, 0.717) is 6.42 Å². The number of Topliss-reactive ketones (excluding diaryl/α,β-unsaturated/α-hetero) is 1. The maximum absolute atomic E-state index is 11.2. The molecule has 0 saturated heterocycles. The zero-order chi connectivity index (χ0) is 16.8. The Bertz CT molecular complexity index is 460. The van der Waals surface area contributed by atoms with Crippen molar-refractivity contribution in [1.82, 2.24) is 0 Å². The van der Waals surface area contributed by atoms with Gasteiger partial charge < -0.3 is 9.22 Å². The molecule has 0 saturated carbocycles. The maximum atomic E-state index is 11.2. The minimum absolute atomic E-state index is 0.211. The smallest absolute Gasteiger partial charge is 0.192 e. The van der Waals surface area contributed by atoms with Gasteiger partial charge in [0.25, 0.3) is 0 Å². The summed E-state index contributed by atoms with van der Waals surface area (Å²) in [6, 6.07) is 10.5. The van der Waals surface area contributed by atoms with Crippen molar-refractivity contribution in [2.45, 2.75) is 77.6 Å². The van der Waals surface area contributed by atoms with Crippen molar-refractivity contribution in [3.05, 3.63) is 35.9 Å². The predicted octanol–water partition coefficient (Wildman–Crippen LogP) is 5.38. The minimum atomic E-state index is -1.78. The fraction of sp³-hybridized carbons (Fsp3) is 0.632. The molecule has 124 valence electrons. The Morgan fingerprint density at radius 1 is 1.18 bits per heavy atom. The molecule has 0 spiro atoms. The van der Waals surface area contributed by atoms with Crippen molar-refractivity contribution in [1.29, 1.82) is 0 Å². The van der Waals surface area contributed by atoms with Gasteiger partial charge in [0.05, 0.1) is 0 Å². The van der Waals surface area contributed by atoms with Gasteiger partial charge in [-0.05, 0) is 49.9 Å². The molecule has 1 rings (SSSR count). The van der Waals surface area contributed by atoms with Crippen LogP contribution in [0.25, 0.3) is 0 Å². The molecular weight excluding hydrogens is 288 g/mol. The first-order chi connectivity index (χ1) is 10.1. The molecule has 0 aromatic heterocycles. The van der Waals surface area contributed by atoms with Crippen LogP contribution in [-0.2, 0) is 15.6 Å². The molecule has 0 radical (unpaired) electrons. The quantitative estimate of drug-likeness (QED) is 0.601. The zero-order valence-corrected chi connectivity index (χ0v) is 16.1. The molecule has 3 heteroatoms. The molecule has 1 unspecified atom stereocenters. The van der Waals surface area contributed by atoms with Crippen molar-refractivity contribution in [3.8, 4) is 0 Å². The molecule has 0 N–H and O–H groups in total. The molecule has 0 fully saturated rings. The summed E-state index contributed by atoms with van der Waals surface area (Å²) in [6.07, 6.45) is 3.68. The summed E-state index contributed by atoms with van der Waals surface area (Å²) in [7, 11) is -1.78. The summed E-state index contributed by atoms with van der Waals surface area (Å²) in [6.45, 7) is 13.1. The molecule has 22 heavy (non-hydrogen) atoms. The maximum Gasteiger partial charge on any atom is 0.192 e. The Balaban J connectivity index is 2.75. The number of ketones is 1. The van der Waals surface area contributed by atoms with Gasteiger partial charge in [-0.25, -0.2) is 0 Å². The Morgan fingerprint density at radius 3 is 2.27 bits per heavy atom. The molecule has 1 atom stereocenters. The van der Waals surface area contributed by atoms with Crippen molar-refractivity contribution >= 4 is 14.1 Å². The lowest BCUT2D eigenvalue weighted by molar-refractivity contribution is -0.117. The fourth-order valence-corrected chi connectivity index (χ4v) is 3.64. The topological polar surface area (TPSA) is 26.3 Å². The lowest BCUT2D eigenvalue weighted by atomic mass is 10.0. The largest absolute Gasteiger partial charge is 0.414 e. The third kappa shape index (κ3) is 6.45. The summed E-state index contributed by atoms with van der Waals surface area (Å²) < 4.78 is 6.62. The number of rotatable bonds is 8. The first-order valence-electron chi connectivity index (χ1n) is 8.33. The second kappa shape index (κ2) is 8.07. The number of benzene rings is 1.